The van der Waals surface area contributed by atoms with Crippen molar-refractivity contribution in [3.63, 3.8) is 0 Å². The van der Waals surface area contributed by atoms with Crippen molar-refractivity contribution >= 4 is 21.5 Å². The van der Waals surface area contributed by atoms with Gasteiger partial charge in [0, 0.05) is 32.7 Å². The van der Waals surface area contributed by atoms with Crippen molar-refractivity contribution in [2.45, 2.75) is 24.7 Å². The third kappa shape index (κ3) is 5.43. The molecule has 0 bridgehead atoms. The zero-order valence-corrected chi connectivity index (χ0v) is 17.9. The molecule has 0 aliphatic heterocycles. The summed E-state index contributed by atoms with van der Waals surface area (Å²) in [6.07, 6.45) is 1.20. The number of rotatable bonds is 12. The van der Waals surface area contributed by atoms with Gasteiger partial charge in [0.05, 0.1) is 7.11 Å². The molecule has 0 saturated carbocycles. The number of sulfonamides is 1. The van der Waals surface area contributed by atoms with Crippen LogP contribution in [-0.2, 0) is 21.2 Å². The smallest absolute Gasteiger partial charge is 0.244 e. The summed E-state index contributed by atoms with van der Waals surface area (Å²) in [5, 5.41) is 15.9. The molecule has 0 fully saturated rings. The van der Waals surface area contributed by atoms with Crippen LogP contribution in [0.1, 0.15) is 19.2 Å². The summed E-state index contributed by atoms with van der Waals surface area (Å²) < 4.78 is 39.8. The maximum Gasteiger partial charge on any atom is 0.244 e. The molecule has 0 aliphatic rings. The molecule has 0 radical (unpaired) electrons. The fraction of sp³-hybridized carbons (Fsp3) is 0.421. The zero-order valence-electron chi connectivity index (χ0n) is 17.0. The van der Waals surface area contributed by atoms with Crippen molar-refractivity contribution in [1.82, 2.24) is 24.5 Å². The van der Waals surface area contributed by atoms with E-state index in [1.807, 2.05) is 19.1 Å². The summed E-state index contributed by atoms with van der Waals surface area (Å²) in [4.78, 5) is 0.0928. The highest BCUT2D eigenvalue weighted by Crippen LogP contribution is 2.22. The first-order valence-corrected chi connectivity index (χ1v) is 11.2. The summed E-state index contributed by atoms with van der Waals surface area (Å²) in [7, 11) is -2.28. The number of fused-ring (bicyclic) bond motifs is 1. The molecule has 2 N–H and O–H groups in total. The predicted octanol–water partition coefficient (Wildman–Crippen LogP) is 1.49. The normalized spacial score (nSPS) is 11.7. The largest absolute Gasteiger partial charge is 0.495 e. The van der Waals surface area contributed by atoms with Crippen LogP contribution in [0.2, 0.25) is 0 Å². The summed E-state index contributed by atoms with van der Waals surface area (Å²) in [5.74, 6) is 1.54. The van der Waals surface area contributed by atoms with E-state index in [1.165, 1.54) is 13.2 Å². The van der Waals surface area contributed by atoms with E-state index < -0.39 is 10.0 Å². The first-order valence-electron chi connectivity index (χ1n) is 9.71. The molecule has 0 amide bonds. The number of methoxy groups -OCH3 is 1. The Balaban J connectivity index is 1.62. The van der Waals surface area contributed by atoms with E-state index in [9.17, 15) is 8.42 Å². The molecule has 2 aromatic heterocycles. The number of para-hydroxylation sites is 1. The molecule has 0 saturated heterocycles. The highest BCUT2D eigenvalue weighted by atomic mass is 32.2. The van der Waals surface area contributed by atoms with Crippen LogP contribution in [-0.4, -0.2) is 61.6 Å². The molecule has 3 aromatic rings. The number of hydrogen-bond donors (Lipinski definition) is 2. The van der Waals surface area contributed by atoms with Gasteiger partial charge in [-0.15, -0.1) is 15.3 Å². The standard InChI is InChI=1S/C19H26N6O4S/c1-3-29-14-6-12-20-17-9-10-18-22-23-19(25(18)24-17)11-13-21-30(26,27)16-8-5-4-7-15(16)28-2/h4-5,7-10,21H,3,6,11-14H2,1-2H3,(H,20,24). The Hall–Kier alpha value is -2.76. The van der Waals surface area contributed by atoms with Gasteiger partial charge in [0.15, 0.2) is 11.5 Å². The molecule has 2 heterocycles. The van der Waals surface area contributed by atoms with Gasteiger partial charge in [0.1, 0.15) is 16.5 Å². The third-order valence-electron chi connectivity index (χ3n) is 4.30. The van der Waals surface area contributed by atoms with E-state index in [0.717, 1.165) is 13.0 Å². The third-order valence-corrected chi connectivity index (χ3v) is 5.80. The molecular weight excluding hydrogens is 408 g/mol. The van der Waals surface area contributed by atoms with E-state index in [-0.39, 0.29) is 11.4 Å². The lowest BCUT2D eigenvalue weighted by Gasteiger charge is -2.10. The number of hydrogen-bond acceptors (Lipinski definition) is 8. The lowest BCUT2D eigenvalue weighted by Crippen LogP contribution is -2.27. The minimum atomic E-state index is -3.71. The van der Waals surface area contributed by atoms with Crippen molar-refractivity contribution in [1.29, 1.82) is 0 Å². The maximum absolute atomic E-state index is 12.6. The molecular formula is C19H26N6O4S. The topological polar surface area (TPSA) is 120 Å². The Morgan fingerprint density at radius 2 is 1.93 bits per heavy atom. The van der Waals surface area contributed by atoms with E-state index in [4.69, 9.17) is 9.47 Å². The molecule has 0 atom stereocenters. The van der Waals surface area contributed by atoms with Crippen molar-refractivity contribution in [2.24, 2.45) is 0 Å². The SMILES string of the molecule is CCOCCCNc1ccc2nnc(CCNS(=O)(=O)c3ccccc3OC)n2n1. The highest BCUT2D eigenvalue weighted by molar-refractivity contribution is 7.89. The van der Waals surface area contributed by atoms with Crippen LogP contribution in [0, 0.1) is 0 Å². The lowest BCUT2D eigenvalue weighted by atomic mass is 10.3. The lowest BCUT2D eigenvalue weighted by molar-refractivity contribution is 0.147. The van der Waals surface area contributed by atoms with Crippen LogP contribution in [0.15, 0.2) is 41.3 Å². The fourth-order valence-corrected chi connectivity index (χ4v) is 4.03. The summed E-state index contributed by atoms with van der Waals surface area (Å²) in [6.45, 7) is 4.24. The second-order valence-corrected chi connectivity index (χ2v) is 8.12. The van der Waals surface area contributed by atoms with E-state index in [0.29, 0.717) is 42.7 Å². The van der Waals surface area contributed by atoms with Gasteiger partial charge in [-0.3, -0.25) is 0 Å². The quantitative estimate of drug-likeness (QED) is 0.412. The van der Waals surface area contributed by atoms with Crippen LogP contribution < -0.4 is 14.8 Å². The van der Waals surface area contributed by atoms with Crippen LogP contribution >= 0.6 is 0 Å². The molecule has 0 aliphatic carbocycles. The summed E-state index contributed by atoms with van der Waals surface area (Å²) >= 11 is 0. The maximum atomic E-state index is 12.6. The minimum Gasteiger partial charge on any atom is -0.495 e. The van der Waals surface area contributed by atoms with Crippen LogP contribution in [0.25, 0.3) is 5.65 Å². The van der Waals surface area contributed by atoms with Crippen LogP contribution in [0.3, 0.4) is 0 Å². The Kier molecular flexibility index (Phi) is 7.55. The summed E-state index contributed by atoms with van der Waals surface area (Å²) in [5.41, 5.74) is 0.595. The van der Waals surface area contributed by atoms with Gasteiger partial charge >= 0.3 is 0 Å². The van der Waals surface area contributed by atoms with Gasteiger partial charge in [0.25, 0.3) is 0 Å². The molecule has 30 heavy (non-hydrogen) atoms. The number of nitrogens with one attached hydrogen (secondary N) is 2. The Labute approximate surface area is 175 Å². The van der Waals surface area contributed by atoms with Gasteiger partial charge in [-0.25, -0.2) is 13.1 Å². The second kappa shape index (κ2) is 10.3. The Morgan fingerprint density at radius 1 is 1.10 bits per heavy atom. The van der Waals surface area contributed by atoms with Crippen molar-refractivity contribution in [2.75, 3.05) is 38.7 Å². The predicted molar refractivity (Wildman–Crippen MR) is 112 cm³/mol. The van der Waals surface area contributed by atoms with E-state index >= 15 is 0 Å². The van der Waals surface area contributed by atoms with Crippen molar-refractivity contribution in [3.05, 3.63) is 42.2 Å². The highest BCUT2D eigenvalue weighted by Gasteiger charge is 2.19. The molecule has 162 valence electrons. The summed E-state index contributed by atoms with van der Waals surface area (Å²) in [6, 6.07) is 10.1. The van der Waals surface area contributed by atoms with Gasteiger partial charge < -0.3 is 14.8 Å². The van der Waals surface area contributed by atoms with Crippen molar-refractivity contribution < 1.29 is 17.9 Å². The van der Waals surface area contributed by atoms with Gasteiger partial charge in [-0.1, -0.05) is 12.1 Å². The van der Waals surface area contributed by atoms with E-state index in [2.05, 4.69) is 25.3 Å². The number of benzene rings is 1. The van der Waals surface area contributed by atoms with Gasteiger partial charge in [0.2, 0.25) is 10.0 Å². The molecule has 11 heteroatoms. The average molecular weight is 435 g/mol. The second-order valence-electron chi connectivity index (χ2n) is 6.38. The minimum absolute atomic E-state index is 0.0928. The fourth-order valence-electron chi connectivity index (χ4n) is 2.83. The van der Waals surface area contributed by atoms with E-state index in [1.54, 1.807) is 22.7 Å². The number of anilines is 1. The Morgan fingerprint density at radius 3 is 2.73 bits per heavy atom. The monoisotopic (exact) mass is 434 g/mol. The Bertz CT molecular complexity index is 1070. The molecule has 0 unspecified atom stereocenters. The number of aromatic nitrogens is 4. The van der Waals surface area contributed by atoms with Gasteiger partial charge in [-0.05, 0) is 37.6 Å². The molecule has 0 spiro atoms. The van der Waals surface area contributed by atoms with Crippen LogP contribution in [0.5, 0.6) is 5.75 Å². The number of ether oxygens (including phenoxy) is 2. The molecule has 1 aromatic carbocycles. The van der Waals surface area contributed by atoms with Crippen LogP contribution in [0.4, 0.5) is 5.82 Å². The zero-order chi connectivity index (χ0) is 21.4. The average Bonchev–Trinajstić information content (AvgIpc) is 3.16. The van der Waals surface area contributed by atoms with Crippen molar-refractivity contribution in [3.8, 4) is 5.75 Å². The van der Waals surface area contributed by atoms with Gasteiger partial charge in [-0.2, -0.15) is 4.52 Å². The number of nitrogens with zero attached hydrogens (tertiary/aromatic N) is 4. The first kappa shape index (κ1) is 21.9. The molecule has 3 rings (SSSR count). The molecule has 10 nitrogen and oxygen atoms in total. The first-order chi connectivity index (χ1) is 14.5.